The van der Waals surface area contributed by atoms with Gasteiger partial charge >= 0.3 is 0 Å². The van der Waals surface area contributed by atoms with Crippen molar-refractivity contribution in [1.82, 2.24) is 5.32 Å². The van der Waals surface area contributed by atoms with Crippen LogP contribution in [0.25, 0.3) is 6.08 Å². The fourth-order valence-electron chi connectivity index (χ4n) is 2.57. The quantitative estimate of drug-likeness (QED) is 0.468. The number of aliphatic hydroxyl groups excluding tert-OH is 1. The number of hydrogen-bond donors (Lipinski definition) is 2. The Morgan fingerprint density at radius 2 is 1.76 bits per heavy atom. The van der Waals surface area contributed by atoms with Crippen molar-refractivity contribution in [1.29, 1.82) is 0 Å². The first-order chi connectivity index (χ1) is 14.0. The van der Waals surface area contributed by atoms with E-state index in [4.69, 9.17) is 14.6 Å². The van der Waals surface area contributed by atoms with Gasteiger partial charge in [0.2, 0.25) is 5.91 Å². The first kappa shape index (κ1) is 21.8. The molecule has 29 heavy (non-hydrogen) atoms. The summed E-state index contributed by atoms with van der Waals surface area (Å²) in [6, 6.07) is 11.6. The third kappa shape index (κ3) is 6.58. The summed E-state index contributed by atoms with van der Waals surface area (Å²) in [5.41, 5.74) is 1.77. The normalized spacial score (nSPS) is 10.6. The third-order valence-electron chi connectivity index (χ3n) is 4.13. The van der Waals surface area contributed by atoms with Crippen molar-refractivity contribution in [2.45, 2.75) is 6.42 Å². The average molecular weight is 397 g/mol. The number of carbonyl (C=O) groups is 3. The van der Waals surface area contributed by atoms with Crippen LogP contribution in [0.5, 0.6) is 11.5 Å². The van der Waals surface area contributed by atoms with Gasteiger partial charge < -0.3 is 19.9 Å². The SMILES string of the molecule is COc1ccc(OC)c(/C=C/C(=O)NCC(=O)Cc2ccc(C(=O)CO)cc2)c1. The summed E-state index contributed by atoms with van der Waals surface area (Å²) in [7, 11) is 3.08. The third-order valence-corrected chi connectivity index (χ3v) is 4.13. The van der Waals surface area contributed by atoms with E-state index in [0.717, 1.165) is 5.56 Å². The van der Waals surface area contributed by atoms with E-state index in [-0.39, 0.29) is 24.5 Å². The van der Waals surface area contributed by atoms with Crippen molar-refractivity contribution >= 4 is 23.5 Å². The summed E-state index contributed by atoms with van der Waals surface area (Å²) in [6.45, 7) is -0.671. The summed E-state index contributed by atoms with van der Waals surface area (Å²) < 4.78 is 10.4. The first-order valence-electron chi connectivity index (χ1n) is 8.89. The van der Waals surface area contributed by atoms with Gasteiger partial charge in [-0.25, -0.2) is 0 Å². The van der Waals surface area contributed by atoms with Gasteiger partial charge in [-0.15, -0.1) is 0 Å². The smallest absolute Gasteiger partial charge is 0.244 e. The molecule has 0 aliphatic carbocycles. The lowest BCUT2D eigenvalue weighted by molar-refractivity contribution is -0.122. The highest BCUT2D eigenvalue weighted by Gasteiger charge is 2.08. The van der Waals surface area contributed by atoms with Crippen LogP contribution in [0.15, 0.2) is 48.5 Å². The van der Waals surface area contributed by atoms with Crippen LogP contribution < -0.4 is 14.8 Å². The van der Waals surface area contributed by atoms with Gasteiger partial charge in [-0.05, 0) is 29.8 Å². The number of rotatable bonds is 10. The maximum Gasteiger partial charge on any atom is 0.244 e. The number of hydrogen-bond acceptors (Lipinski definition) is 6. The van der Waals surface area contributed by atoms with Gasteiger partial charge in [0.05, 0.1) is 20.8 Å². The van der Waals surface area contributed by atoms with Gasteiger partial charge in [0.15, 0.2) is 11.6 Å². The molecule has 0 saturated carbocycles. The predicted molar refractivity (Wildman–Crippen MR) is 108 cm³/mol. The molecule has 7 heteroatoms. The van der Waals surface area contributed by atoms with E-state index in [2.05, 4.69) is 5.32 Å². The van der Waals surface area contributed by atoms with Crippen LogP contribution in [0.2, 0.25) is 0 Å². The number of aliphatic hydroxyl groups is 1. The van der Waals surface area contributed by atoms with Crippen LogP contribution >= 0.6 is 0 Å². The highest BCUT2D eigenvalue weighted by atomic mass is 16.5. The minimum atomic E-state index is -0.556. The van der Waals surface area contributed by atoms with Crippen LogP contribution in [-0.2, 0) is 16.0 Å². The second-order valence-corrected chi connectivity index (χ2v) is 6.15. The molecule has 0 heterocycles. The lowest BCUT2D eigenvalue weighted by atomic mass is 10.0. The maximum absolute atomic E-state index is 12.1. The molecular weight excluding hydrogens is 374 g/mol. The standard InChI is InChI=1S/C22H23NO6/c1-28-19-8-9-21(29-2)17(12-19)7-10-22(27)23-13-18(25)11-15-3-5-16(6-4-15)20(26)14-24/h3-10,12,24H,11,13-14H2,1-2H3,(H,23,27)/b10-7+. The number of methoxy groups -OCH3 is 2. The fourth-order valence-corrected chi connectivity index (χ4v) is 2.57. The van der Waals surface area contributed by atoms with Gasteiger partial charge in [0, 0.05) is 23.6 Å². The molecule has 0 spiro atoms. The highest BCUT2D eigenvalue weighted by Crippen LogP contribution is 2.24. The second-order valence-electron chi connectivity index (χ2n) is 6.15. The Balaban J connectivity index is 1.88. The summed E-state index contributed by atoms with van der Waals surface area (Å²) in [5, 5.41) is 11.4. The molecule has 0 unspecified atom stereocenters. The largest absolute Gasteiger partial charge is 0.497 e. The van der Waals surface area contributed by atoms with E-state index in [1.54, 1.807) is 55.7 Å². The van der Waals surface area contributed by atoms with Crippen LogP contribution in [0.1, 0.15) is 21.5 Å². The van der Waals surface area contributed by atoms with E-state index in [0.29, 0.717) is 22.6 Å². The van der Waals surface area contributed by atoms with Crippen LogP contribution in [0.4, 0.5) is 0 Å². The number of benzene rings is 2. The Morgan fingerprint density at radius 3 is 2.38 bits per heavy atom. The van der Waals surface area contributed by atoms with Gasteiger partial charge in [-0.1, -0.05) is 24.3 Å². The summed E-state index contributed by atoms with van der Waals surface area (Å²) in [5.74, 6) is 0.260. The highest BCUT2D eigenvalue weighted by molar-refractivity contribution is 5.97. The molecule has 0 bridgehead atoms. The van der Waals surface area contributed by atoms with Crippen molar-refractivity contribution in [3.63, 3.8) is 0 Å². The number of amides is 1. The molecule has 0 saturated heterocycles. The number of Topliss-reactive ketones (excluding diaryl/α,β-unsaturated/α-hetero) is 2. The predicted octanol–water partition coefficient (Wildman–Crippen LogP) is 1.82. The second kappa shape index (κ2) is 10.8. The minimum Gasteiger partial charge on any atom is -0.497 e. The molecule has 0 aliphatic rings. The molecule has 152 valence electrons. The van der Waals surface area contributed by atoms with Crippen molar-refractivity contribution in [2.75, 3.05) is 27.4 Å². The lowest BCUT2D eigenvalue weighted by Crippen LogP contribution is -2.28. The van der Waals surface area contributed by atoms with Crippen molar-refractivity contribution in [2.24, 2.45) is 0 Å². The summed E-state index contributed by atoms with van der Waals surface area (Å²) in [6.07, 6.45) is 3.03. The molecule has 2 aromatic rings. The zero-order valence-corrected chi connectivity index (χ0v) is 16.3. The molecule has 2 aromatic carbocycles. The number of nitrogens with one attached hydrogen (secondary N) is 1. The lowest BCUT2D eigenvalue weighted by Gasteiger charge is -2.07. The van der Waals surface area contributed by atoms with Gasteiger partial charge in [0.25, 0.3) is 0 Å². The minimum absolute atomic E-state index is 0.115. The average Bonchev–Trinajstić information content (AvgIpc) is 2.75. The molecule has 0 aromatic heterocycles. The van der Waals surface area contributed by atoms with E-state index in [9.17, 15) is 14.4 Å². The van der Waals surface area contributed by atoms with Crippen LogP contribution in [0.3, 0.4) is 0 Å². The van der Waals surface area contributed by atoms with Crippen molar-refractivity contribution < 1.29 is 29.0 Å². The number of carbonyl (C=O) groups excluding carboxylic acids is 3. The fraction of sp³-hybridized carbons (Fsp3) is 0.227. The molecule has 0 fully saturated rings. The number of ketones is 2. The molecule has 0 aliphatic heterocycles. The monoisotopic (exact) mass is 397 g/mol. The Morgan fingerprint density at radius 1 is 1.03 bits per heavy atom. The maximum atomic E-state index is 12.1. The Kier molecular flexibility index (Phi) is 8.12. The number of ether oxygens (including phenoxy) is 2. The Labute approximate surface area is 169 Å². The zero-order chi connectivity index (χ0) is 21.2. The van der Waals surface area contributed by atoms with Crippen molar-refractivity contribution in [3.05, 3.63) is 65.2 Å². The zero-order valence-electron chi connectivity index (χ0n) is 16.3. The van der Waals surface area contributed by atoms with Crippen LogP contribution in [-0.4, -0.2) is 50.0 Å². The summed E-state index contributed by atoms with van der Waals surface area (Å²) in [4.78, 5) is 35.4. The molecule has 2 rings (SSSR count). The molecular formula is C22H23NO6. The van der Waals surface area contributed by atoms with Crippen molar-refractivity contribution in [3.8, 4) is 11.5 Å². The molecule has 2 N–H and O–H groups in total. The van der Waals surface area contributed by atoms with Gasteiger partial charge in [-0.3, -0.25) is 14.4 Å². The van der Waals surface area contributed by atoms with E-state index in [1.807, 2.05) is 0 Å². The molecule has 7 nitrogen and oxygen atoms in total. The molecule has 0 radical (unpaired) electrons. The molecule has 1 amide bonds. The van der Waals surface area contributed by atoms with E-state index >= 15 is 0 Å². The van der Waals surface area contributed by atoms with E-state index in [1.165, 1.54) is 13.2 Å². The van der Waals surface area contributed by atoms with Crippen LogP contribution in [0, 0.1) is 0 Å². The topological polar surface area (TPSA) is 102 Å². The Bertz CT molecular complexity index is 902. The first-order valence-corrected chi connectivity index (χ1v) is 8.89. The van der Waals surface area contributed by atoms with E-state index < -0.39 is 12.5 Å². The van der Waals surface area contributed by atoms with Gasteiger partial charge in [0.1, 0.15) is 18.1 Å². The van der Waals surface area contributed by atoms with Gasteiger partial charge in [-0.2, -0.15) is 0 Å². The summed E-state index contributed by atoms with van der Waals surface area (Å²) >= 11 is 0. The Hall–Kier alpha value is -3.45. The molecule has 0 atom stereocenters.